The van der Waals surface area contributed by atoms with E-state index in [0.717, 1.165) is 0 Å². The van der Waals surface area contributed by atoms with Crippen LogP contribution in [0.25, 0.3) is 0 Å². The predicted octanol–water partition coefficient (Wildman–Crippen LogP) is 1.51. The Hall–Kier alpha value is -1.57. The molecule has 0 saturated carbocycles. The van der Waals surface area contributed by atoms with Gasteiger partial charge in [0.15, 0.2) is 6.79 Å². The van der Waals surface area contributed by atoms with Crippen LogP contribution in [0.5, 0.6) is 5.75 Å². The smallest absolute Gasteiger partial charge is 0.189 e. The third kappa shape index (κ3) is 3.89. The van der Waals surface area contributed by atoms with Crippen molar-refractivity contribution in [3.8, 4) is 17.6 Å². The molecule has 0 unspecified atom stereocenters. The standard InChI is InChI=1S/C12H14FNO2/c1-2-15-9-16-12-6-5-11(13)8-10(12)4-3-7-14/h5-6,8H,2,7,9,14H2,1H3. The summed E-state index contributed by atoms with van der Waals surface area (Å²) in [5, 5.41) is 0. The van der Waals surface area contributed by atoms with Crippen LogP contribution in [0.2, 0.25) is 0 Å². The Bertz CT molecular complexity index is 396. The first-order valence-electron chi connectivity index (χ1n) is 4.97. The lowest BCUT2D eigenvalue weighted by molar-refractivity contribution is 0.0222. The van der Waals surface area contributed by atoms with E-state index in [1.807, 2.05) is 6.92 Å². The summed E-state index contributed by atoms with van der Waals surface area (Å²) < 4.78 is 23.3. The minimum atomic E-state index is -0.356. The molecule has 1 rings (SSSR count). The van der Waals surface area contributed by atoms with Crippen LogP contribution in [0, 0.1) is 17.7 Å². The minimum absolute atomic E-state index is 0.124. The lowest BCUT2D eigenvalue weighted by Gasteiger charge is -2.07. The quantitative estimate of drug-likeness (QED) is 0.478. The molecule has 1 aromatic rings. The second-order valence-corrected chi connectivity index (χ2v) is 2.90. The summed E-state index contributed by atoms with van der Waals surface area (Å²) in [4.78, 5) is 0. The number of halogens is 1. The molecule has 1 aromatic carbocycles. The maximum absolute atomic E-state index is 13.0. The van der Waals surface area contributed by atoms with Gasteiger partial charge in [-0.2, -0.15) is 0 Å². The highest BCUT2D eigenvalue weighted by Crippen LogP contribution is 2.18. The van der Waals surface area contributed by atoms with Gasteiger partial charge in [0.1, 0.15) is 11.6 Å². The number of nitrogens with two attached hydrogens (primary N) is 1. The molecule has 0 aliphatic carbocycles. The van der Waals surface area contributed by atoms with Gasteiger partial charge in [-0.15, -0.1) is 0 Å². The van der Waals surface area contributed by atoms with Crippen LogP contribution in [0.3, 0.4) is 0 Å². The summed E-state index contributed by atoms with van der Waals surface area (Å²) in [5.41, 5.74) is 5.73. The largest absolute Gasteiger partial charge is 0.466 e. The van der Waals surface area contributed by atoms with Gasteiger partial charge in [-0.25, -0.2) is 4.39 Å². The lowest BCUT2D eigenvalue weighted by Crippen LogP contribution is -2.03. The normalized spacial score (nSPS) is 9.44. The van der Waals surface area contributed by atoms with Crippen molar-refractivity contribution in [3.63, 3.8) is 0 Å². The van der Waals surface area contributed by atoms with Crippen LogP contribution >= 0.6 is 0 Å². The minimum Gasteiger partial charge on any atom is -0.466 e. The van der Waals surface area contributed by atoms with Gasteiger partial charge in [0, 0.05) is 6.61 Å². The van der Waals surface area contributed by atoms with Crippen LogP contribution in [0.4, 0.5) is 4.39 Å². The van der Waals surface area contributed by atoms with Gasteiger partial charge in [-0.05, 0) is 25.1 Å². The van der Waals surface area contributed by atoms with Gasteiger partial charge < -0.3 is 15.2 Å². The van der Waals surface area contributed by atoms with E-state index in [1.165, 1.54) is 18.2 Å². The van der Waals surface area contributed by atoms with E-state index in [0.29, 0.717) is 17.9 Å². The number of benzene rings is 1. The molecular formula is C12H14FNO2. The van der Waals surface area contributed by atoms with Gasteiger partial charge in [-0.1, -0.05) is 11.8 Å². The maximum Gasteiger partial charge on any atom is 0.189 e. The zero-order chi connectivity index (χ0) is 11.8. The molecule has 0 heterocycles. The van der Waals surface area contributed by atoms with Crippen molar-refractivity contribution in [2.24, 2.45) is 5.73 Å². The topological polar surface area (TPSA) is 44.5 Å². The zero-order valence-electron chi connectivity index (χ0n) is 9.13. The predicted molar refractivity (Wildman–Crippen MR) is 59.5 cm³/mol. The maximum atomic E-state index is 13.0. The molecule has 3 nitrogen and oxygen atoms in total. The van der Waals surface area contributed by atoms with E-state index < -0.39 is 0 Å². The molecule has 86 valence electrons. The molecule has 2 N–H and O–H groups in total. The van der Waals surface area contributed by atoms with Crippen molar-refractivity contribution in [1.29, 1.82) is 0 Å². The highest BCUT2D eigenvalue weighted by Gasteiger charge is 2.02. The van der Waals surface area contributed by atoms with E-state index in [-0.39, 0.29) is 19.2 Å². The van der Waals surface area contributed by atoms with Crippen molar-refractivity contribution < 1.29 is 13.9 Å². The first kappa shape index (κ1) is 12.5. The average Bonchev–Trinajstić information content (AvgIpc) is 2.29. The third-order valence-electron chi connectivity index (χ3n) is 1.77. The number of ether oxygens (including phenoxy) is 2. The second-order valence-electron chi connectivity index (χ2n) is 2.90. The van der Waals surface area contributed by atoms with Gasteiger partial charge in [0.2, 0.25) is 0 Å². The Morgan fingerprint density at radius 2 is 2.25 bits per heavy atom. The molecule has 0 atom stereocenters. The summed E-state index contributed by atoms with van der Waals surface area (Å²) in [5.74, 6) is 5.54. The zero-order valence-corrected chi connectivity index (χ0v) is 9.13. The molecule has 0 aromatic heterocycles. The third-order valence-corrected chi connectivity index (χ3v) is 1.77. The van der Waals surface area contributed by atoms with Crippen molar-refractivity contribution in [2.75, 3.05) is 19.9 Å². The van der Waals surface area contributed by atoms with E-state index in [4.69, 9.17) is 15.2 Å². The molecule has 0 aliphatic heterocycles. The van der Waals surface area contributed by atoms with Crippen LogP contribution in [0.1, 0.15) is 12.5 Å². The Kier molecular flexibility index (Phi) is 5.34. The summed E-state index contributed by atoms with van der Waals surface area (Å²) in [6, 6.07) is 4.15. The summed E-state index contributed by atoms with van der Waals surface area (Å²) in [6.07, 6.45) is 0. The Morgan fingerprint density at radius 3 is 2.94 bits per heavy atom. The number of rotatable bonds is 4. The SMILES string of the molecule is CCOCOc1ccc(F)cc1C#CCN. The molecule has 4 heteroatoms. The van der Waals surface area contributed by atoms with Crippen LogP contribution in [-0.2, 0) is 4.74 Å². The van der Waals surface area contributed by atoms with Crippen molar-refractivity contribution in [1.82, 2.24) is 0 Å². The van der Waals surface area contributed by atoms with Crippen molar-refractivity contribution in [2.45, 2.75) is 6.92 Å². The Balaban J connectivity index is 2.80. The van der Waals surface area contributed by atoms with E-state index in [2.05, 4.69) is 11.8 Å². The molecule has 16 heavy (non-hydrogen) atoms. The molecule has 0 bridgehead atoms. The molecule has 0 aliphatic rings. The fraction of sp³-hybridized carbons (Fsp3) is 0.333. The second kappa shape index (κ2) is 6.83. The fourth-order valence-corrected chi connectivity index (χ4v) is 1.06. The van der Waals surface area contributed by atoms with E-state index in [9.17, 15) is 4.39 Å². The van der Waals surface area contributed by atoms with Crippen LogP contribution < -0.4 is 10.5 Å². The lowest BCUT2D eigenvalue weighted by atomic mass is 10.2. The first-order valence-corrected chi connectivity index (χ1v) is 4.97. The van der Waals surface area contributed by atoms with Crippen LogP contribution in [0.15, 0.2) is 18.2 Å². The molecule has 0 fully saturated rings. The monoisotopic (exact) mass is 223 g/mol. The molecule has 0 radical (unpaired) electrons. The van der Waals surface area contributed by atoms with Gasteiger partial charge in [0.05, 0.1) is 12.1 Å². The average molecular weight is 223 g/mol. The Labute approximate surface area is 94.4 Å². The number of hydrogen-bond acceptors (Lipinski definition) is 3. The van der Waals surface area contributed by atoms with E-state index >= 15 is 0 Å². The van der Waals surface area contributed by atoms with Gasteiger partial charge in [0.25, 0.3) is 0 Å². The molecule has 0 saturated heterocycles. The fourth-order valence-electron chi connectivity index (χ4n) is 1.06. The van der Waals surface area contributed by atoms with Gasteiger partial charge >= 0.3 is 0 Å². The number of hydrogen-bond donors (Lipinski definition) is 1. The van der Waals surface area contributed by atoms with Crippen molar-refractivity contribution in [3.05, 3.63) is 29.6 Å². The first-order chi connectivity index (χ1) is 7.77. The van der Waals surface area contributed by atoms with Gasteiger partial charge in [-0.3, -0.25) is 0 Å². The molecule has 0 spiro atoms. The van der Waals surface area contributed by atoms with E-state index in [1.54, 1.807) is 0 Å². The summed E-state index contributed by atoms with van der Waals surface area (Å²) in [6.45, 7) is 2.77. The van der Waals surface area contributed by atoms with Crippen LogP contribution in [-0.4, -0.2) is 19.9 Å². The summed E-state index contributed by atoms with van der Waals surface area (Å²) in [7, 11) is 0. The highest BCUT2D eigenvalue weighted by molar-refractivity contribution is 5.46. The van der Waals surface area contributed by atoms with Crippen molar-refractivity contribution >= 4 is 0 Å². The molecule has 0 amide bonds. The highest BCUT2D eigenvalue weighted by atomic mass is 19.1. The summed E-state index contributed by atoms with van der Waals surface area (Å²) >= 11 is 0. The Morgan fingerprint density at radius 1 is 1.44 bits per heavy atom. The molecular weight excluding hydrogens is 209 g/mol.